The van der Waals surface area contributed by atoms with Crippen molar-refractivity contribution < 1.29 is 13.6 Å². The Bertz CT molecular complexity index is 890. The van der Waals surface area contributed by atoms with Crippen LogP contribution in [0.4, 0.5) is 13.9 Å². The summed E-state index contributed by atoms with van der Waals surface area (Å²) in [6.07, 6.45) is -2.60. The van der Waals surface area contributed by atoms with Crippen LogP contribution in [0.5, 0.6) is 0 Å². The number of aromatic nitrogens is 3. The Kier molecular flexibility index (Phi) is 5.14. The Morgan fingerprint density at radius 2 is 1.88 bits per heavy atom. The van der Waals surface area contributed by atoms with Gasteiger partial charge in [-0.1, -0.05) is 41.2 Å². The molecule has 1 N–H and O–H groups in total. The van der Waals surface area contributed by atoms with Gasteiger partial charge < -0.3 is 5.32 Å². The normalized spacial score (nSPS) is 11.1. The van der Waals surface area contributed by atoms with Crippen molar-refractivity contribution in [1.82, 2.24) is 15.2 Å². The number of nitrogens with one attached hydrogen (secondary N) is 1. The molecule has 1 amide bonds. The maximum atomic E-state index is 12.5. The summed E-state index contributed by atoms with van der Waals surface area (Å²) in [7, 11) is 0. The third kappa shape index (κ3) is 4.23. The molecule has 0 spiro atoms. The molecule has 3 rings (SSSR count). The van der Waals surface area contributed by atoms with E-state index in [1.54, 1.807) is 0 Å². The molecule has 0 unspecified atom stereocenters. The first-order valence-corrected chi connectivity index (χ1v) is 9.00. The molecule has 2 heterocycles. The van der Waals surface area contributed by atoms with E-state index in [9.17, 15) is 13.6 Å². The number of anilines is 1. The number of benzene rings is 1. The van der Waals surface area contributed by atoms with Crippen LogP contribution in [0.3, 0.4) is 0 Å². The summed E-state index contributed by atoms with van der Waals surface area (Å²) in [5.41, 5.74) is 2.85. The summed E-state index contributed by atoms with van der Waals surface area (Å²) in [4.78, 5) is 17.6. The number of thiazole rings is 1. The molecule has 0 aliphatic carbocycles. The molecule has 0 aliphatic rings. The standard InChI is InChI=1S/C16H14F2N4OS2/c1-8-3-5-10(6-4-8)13-11(24-9(2)19-13)7-12(23)20-16-22-21-15(25-16)14(17)18/h3-6,14H,7H2,1-2H3,(H,20,22,23). The van der Waals surface area contributed by atoms with Crippen LogP contribution in [0.2, 0.25) is 0 Å². The van der Waals surface area contributed by atoms with E-state index in [-0.39, 0.29) is 17.5 Å². The molecule has 0 fully saturated rings. The number of amides is 1. The second-order valence-corrected chi connectivity index (χ2v) is 7.64. The second kappa shape index (κ2) is 7.32. The SMILES string of the molecule is Cc1ccc(-c2nc(C)sc2CC(=O)Nc2nnc(C(F)F)s2)cc1. The largest absolute Gasteiger partial charge is 0.300 e. The van der Waals surface area contributed by atoms with Crippen LogP contribution in [-0.4, -0.2) is 21.1 Å². The molecule has 0 saturated carbocycles. The minimum absolute atomic E-state index is 0.0680. The molecule has 0 radical (unpaired) electrons. The van der Waals surface area contributed by atoms with Gasteiger partial charge in [0.15, 0.2) is 5.01 Å². The molecule has 130 valence electrons. The van der Waals surface area contributed by atoms with Gasteiger partial charge in [0.05, 0.1) is 17.1 Å². The first-order valence-electron chi connectivity index (χ1n) is 7.37. The second-order valence-electron chi connectivity index (χ2n) is 5.34. The third-order valence-electron chi connectivity index (χ3n) is 3.32. The summed E-state index contributed by atoms with van der Waals surface area (Å²) in [6.45, 7) is 3.88. The average Bonchev–Trinajstić information content (AvgIpc) is 3.15. The maximum Gasteiger partial charge on any atom is 0.291 e. The van der Waals surface area contributed by atoms with Crippen LogP contribution in [0, 0.1) is 13.8 Å². The Morgan fingerprint density at radius 1 is 1.16 bits per heavy atom. The molecule has 3 aromatic rings. The highest BCUT2D eigenvalue weighted by Crippen LogP contribution is 2.29. The van der Waals surface area contributed by atoms with Crippen molar-refractivity contribution in [2.24, 2.45) is 0 Å². The van der Waals surface area contributed by atoms with Crippen LogP contribution in [-0.2, 0) is 11.2 Å². The van der Waals surface area contributed by atoms with Crippen LogP contribution < -0.4 is 5.32 Å². The number of carbonyl (C=O) groups is 1. The zero-order valence-electron chi connectivity index (χ0n) is 13.4. The van der Waals surface area contributed by atoms with E-state index in [0.717, 1.165) is 26.7 Å². The molecule has 25 heavy (non-hydrogen) atoms. The van der Waals surface area contributed by atoms with Crippen LogP contribution >= 0.6 is 22.7 Å². The number of halogens is 2. The molecule has 2 aromatic heterocycles. The smallest absolute Gasteiger partial charge is 0.291 e. The molecular formula is C16H14F2N4OS2. The van der Waals surface area contributed by atoms with E-state index in [0.29, 0.717) is 11.3 Å². The molecule has 0 saturated heterocycles. The Morgan fingerprint density at radius 3 is 2.52 bits per heavy atom. The summed E-state index contributed by atoms with van der Waals surface area (Å²) in [5.74, 6) is -0.339. The van der Waals surface area contributed by atoms with Crippen LogP contribution in [0.25, 0.3) is 11.3 Å². The van der Waals surface area contributed by atoms with Crippen molar-refractivity contribution in [3.63, 3.8) is 0 Å². The van der Waals surface area contributed by atoms with Crippen LogP contribution in [0.15, 0.2) is 24.3 Å². The summed E-state index contributed by atoms with van der Waals surface area (Å²) >= 11 is 2.11. The molecular weight excluding hydrogens is 366 g/mol. The monoisotopic (exact) mass is 380 g/mol. The van der Waals surface area contributed by atoms with Gasteiger partial charge in [0.2, 0.25) is 11.0 Å². The average molecular weight is 380 g/mol. The number of hydrogen-bond donors (Lipinski definition) is 1. The van der Waals surface area contributed by atoms with Gasteiger partial charge in [-0.05, 0) is 13.8 Å². The summed E-state index contributed by atoms with van der Waals surface area (Å²) in [5, 5.41) is 9.93. The maximum absolute atomic E-state index is 12.5. The van der Waals surface area contributed by atoms with E-state index in [1.807, 2.05) is 38.1 Å². The number of carbonyl (C=O) groups excluding carboxylic acids is 1. The highest BCUT2D eigenvalue weighted by molar-refractivity contribution is 7.15. The fourth-order valence-corrected chi connectivity index (χ4v) is 3.78. The predicted octanol–water partition coefficient (Wildman–Crippen LogP) is 4.40. The first kappa shape index (κ1) is 17.6. The molecule has 0 aliphatic heterocycles. The van der Waals surface area contributed by atoms with Gasteiger partial charge in [-0.15, -0.1) is 21.5 Å². The lowest BCUT2D eigenvalue weighted by Gasteiger charge is -2.03. The molecule has 5 nitrogen and oxygen atoms in total. The Balaban J connectivity index is 1.76. The van der Waals surface area contributed by atoms with E-state index in [1.165, 1.54) is 11.3 Å². The quantitative estimate of drug-likeness (QED) is 0.712. The molecule has 0 atom stereocenters. The molecule has 0 bridgehead atoms. The van der Waals surface area contributed by atoms with Gasteiger partial charge in [-0.3, -0.25) is 4.79 Å². The number of nitrogens with zero attached hydrogens (tertiary/aromatic N) is 3. The van der Waals surface area contributed by atoms with E-state index < -0.39 is 11.4 Å². The number of hydrogen-bond acceptors (Lipinski definition) is 6. The fraction of sp³-hybridized carbons (Fsp3) is 0.250. The Hall–Kier alpha value is -2.26. The first-order chi connectivity index (χ1) is 11.9. The summed E-state index contributed by atoms with van der Waals surface area (Å²) in [6, 6.07) is 7.90. The third-order valence-corrected chi connectivity index (χ3v) is 5.14. The van der Waals surface area contributed by atoms with Gasteiger partial charge >= 0.3 is 0 Å². The van der Waals surface area contributed by atoms with Crippen molar-refractivity contribution in [2.45, 2.75) is 26.7 Å². The summed E-state index contributed by atoms with van der Waals surface area (Å²) < 4.78 is 25.1. The number of aryl methyl sites for hydroxylation is 2. The van der Waals surface area contributed by atoms with Gasteiger partial charge in [-0.25, -0.2) is 13.8 Å². The fourth-order valence-electron chi connectivity index (χ4n) is 2.21. The van der Waals surface area contributed by atoms with Gasteiger partial charge in [0.1, 0.15) is 0 Å². The van der Waals surface area contributed by atoms with Crippen LogP contribution in [0.1, 0.15) is 26.9 Å². The number of alkyl halides is 2. The van der Waals surface area contributed by atoms with Crippen molar-refractivity contribution in [3.05, 3.63) is 44.7 Å². The molecule has 9 heteroatoms. The van der Waals surface area contributed by atoms with Gasteiger partial charge in [0, 0.05) is 10.4 Å². The van der Waals surface area contributed by atoms with Gasteiger partial charge in [-0.2, -0.15) is 0 Å². The van der Waals surface area contributed by atoms with Crippen molar-refractivity contribution in [2.75, 3.05) is 5.32 Å². The zero-order chi connectivity index (χ0) is 18.0. The molecule has 1 aromatic carbocycles. The highest BCUT2D eigenvalue weighted by atomic mass is 32.1. The lowest BCUT2D eigenvalue weighted by atomic mass is 10.1. The van der Waals surface area contributed by atoms with Crippen molar-refractivity contribution in [1.29, 1.82) is 0 Å². The minimum atomic E-state index is -2.69. The van der Waals surface area contributed by atoms with Crippen molar-refractivity contribution in [3.8, 4) is 11.3 Å². The van der Waals surface area contributed by atoms with E-state index >= 15 is 0 Å². The predicted molar refractivity (Wildman–Crippen MR) is 94.2 cm³/mol. The van der Waals surface area contributed by atoms with E-state index in [4.69, 9.17) is 0 Å². The zero-order valence-corrected chi connectivity index (χ0v) is 15.0. The van der Waals surface area contributed by atoms with Gasteiger partial charge in [0.25, 0.3) is 6.43 Å². The lowest BCUT2D eigenvalue weighted by molar-refractivity contribution is -0.115. The number of rotatable bonds is 5. The highest BCUT2D eigenvalue weighted by Gasteiger charge is 2.18. The lowest BCUT2D eigenvalue weighted by Crippen LogP contribution is -2.14. The Labute approximate surface area is 150 Å². The minimum Gasteiger partial charge on any atom is -0.300 e. The van der Waals surface area contributed by atoms with E-state index in [2.05, 4.69) is 20.5 Å². The van der Waals surface area contributed by atoms with Crippen molar-refractivity contribution >= 4 is 33.7 Å². The topological polar surface area (TPSA) is 67.8 Å².